The van der Waals surface area contributed by atoms with Crippen molar-refractivity contribution in [1.29, 1.82) is 0 Å². The third-order valence-corrected chi connectivity index (χ3v) is 3.57. The number of nitrogens with zero attached hydrogens (tertiary/aromatic N) is 2. The largest absolute Gasteiger partial charge is 0.276 e. The van der Waals surface area contributed by atoms with Crippen molar-refractivity contribution in [3.63, 3.8) is 0 Å². The molecule has 0 atom stereocenters. The molecule has 2 N–H and O–H groups in total. The summed E-state index contributed by atoms with van der Waals surface area (Å²) in [6, 6.07) is 13.2. The van der Waals surface area contributed by atoms with E-state index in [1.807, 2.05) is 0 Å². The number of hydrazone groups is 2. The molecule has 28 heavy (non-hydrogen) atoms. The zero-order valence-electron chi connectivity index (χ0n) is 14.3. The van der Waals surface area contributed by atoms with Gasteiger partial charge in [-0.2, -0.15) is 10.2 Å². The molecule has 0 radical (unpaired) electrons. The average molecular weight is 386 g/mol. The van der Waals surface area contributed by atoms with E-state index in [0.29, 0.717) is 11.1 Å². The van der Waals surface area contributed by atoms with Crippen LogP contribution in [0, 0.1) is 23.3 Å². The minimum atomic E-state index is -0.753. The summed E-state index contributed by atoms with van der Waals surface area (Å²) in [4.78, 5) is 0. The van der Waals surface area contributed by atoms with E-state index < -0.39 is 23.3 Å². The predicted octanol–water partition coefficient (Wildman–Crippen LogP) is 5.14. The summed E-state index contributed by atoms with van der Waals surface area (Å²) in [7, 11) is 0. The fraction of sp³-hybridized carbons (Fsp3) is 0. The third kappa shape index (κ3) is 5.16. The molecule has 0 unspecified atom stereocenters. The lowest BCUT2D eigenvalue weighted by atomic mass is 10.1. The Morgan fingerprint density at radius 1 is 0.607 bits per heavy atom. The second kappa shape index (κ2) is 8.81. The molecule has 0 heterocycles. The van der Waals surface area contributed by atoms with E-state index in [-0.39, 0.29) is 11.4 Å². The average Bonchev–Trinajstić information content (AvgIpc) is 2.66. The van der Waals surface area contributed by atoms with Crippen molar-refractivity contribution in [2.24, 2.45) is 10.2 Å². The summed E-state index contributed by atoms with van der Waals surface area (Å²) >= 11 is 0. The van der Waals surface area contributed by atoms with Gasteiger partial charge >= 0.3 is 0 Å². The maximum atomic E-state index is 13.5. The van der Waals surface area contributed by atoms with Gasteiger partial charge in [0, 0.05) is 12.1 Å². The lowest BCUT2D eigenvalue weighted by Gasteiger charge is -2.03. The number of rotatable bonds is 6. The molecule has 0 bridgehead atoms. The van der Waals surface area contributed by atoms with Crippen LogP contribution in [-0.2, 0) is 0 Å². The predicted molar refractivity (Wildman–Crippen MR) is 102 cm³/mol. The lowest BCUT2D eigenvalue weighted by Crippen LogP contribution is -1.96. The van der Waals surface area contributed by atoms with Gasteiger partial charge in [-0.15, -0.1) is 0 Å². The van der Waals surface area contributed by atoms with Gasteiger partial charge in [-0.3, -0.25) is 10.9 Å². The molecule has 0 aliphatic heterocycles. The van der Waals surface area contributed by atoms with E-state index in [9.17, 15) is 17.6 Å². The second-order valence-electron chi connectivity index (χ2n) is 5.66. The van der Waals surface area contributed by atoms with Crippen molar-refractivity contribution in [1.82, 2.24) is 0 Å². The number of hydrogen-bond donors (Lipinski definition) is 2. The minimum Gasteiger partial charge on any atom is -0.276 e. The Morgan fingerprint density at radius 3 is 1.50 bits per heavy atom. The lowest BCUT2D eigenvalue weighted by molar-refractivity contribution is 0.584. The van der Waals surface area contributed by atoms with Gasteiger partial charge in [0.05, 0.1) is 23.8 Å². The summed E-state index contributed by atoms with van der Waals surface area (Å²) in [5.74, 6) is -2.85. The Balaban J connectivity index is 1.63. The molecule has 0 amide bonds. The minimum absolute atomic E-state index is 0.0425. The van der Waals surface area contributed by atoms with Crippen molar-refractivity contribution < 1.29 is 17.6 Å². The quantitative estimate of drug-likeness (QED) is 0.350. The summed E-state index contributed by atoms with van der Waals surface area (Å²) in [6.07, 6.45) is 2.90. The van der Waals surface area contributed by atoms with Crippen LogP contribution in [0.4, 0.5) is 28.9 Å². The van der Waals surface area contributed by atoms with Gasteiger partial charge in [0.1, 0.15) is 11.6 Å². The molecule has 0 saturated heterocycles. The van der Waals surface area contributed by atoms with Crippen LogP contribution in [0.15, 0.2) is 70.9 Å². The first-order valence-corrected chi connectivity index (χ1v) is 8.09. The van der Waals surface area contributed by atoms with Gasteiger partial charge in [0.2, 0.25) is 0 Å². The number of halogens is 4. The highest BCUT2D eigenvalue weighted by molar-refractivity contribution is 5.86. The molecule has 0 aromatic heterocycles. The summed E-state index contributed by atoms with van der Waals surface area (Å²) in [6.45, 7) is 0. The smallest absolute Gasteiger partial charge is 0.151 e. The highest BCUT2D eigenvalue weighted by Crippen LogP contribution is 2.15. The van der Waals surface area contributed by atoms with Crippen molar-refractivity contribution in [3.8, 4) is 0 Å². The van der Waals surface area contributed by atoms with Crippen LogP contribution >= 0.6 is 0 Å². The zero-order valence-corrected chi connectivity index (χ0v) is 14.3. The Bertz CT molecular complexity index is 956. The molecule has 0 saturated carbocycles. The number of nitrogens with one attached hydrogen (secondary N) is 2. The van der Waals surface area contributed by atoms with Crippen molar-refractivity contribution in [3.05, 3.63) is 95.1 Å². The molecule has 0 aliphatic rings. The van der Waals surface area contributed by atoms with Crippen LogP contribution in [0.25, 0.3) is 0 Å². The SMILES string of the molecule is Fc1ccc(N/N=C/c2cccc(/C=N/Nc3ccc(F)cc3F)c2)c(F)c1. The van der Waals surface area contributed by atoms with Gasteiger partial charge in [-0.05, 0) is 41.5 Å². The normalized spacial score (nSPS) is 11.3. The third-order valence-electron chi connectivity index (χ3n) is 3.57. The van der Waals surface area contributed by atoms with Gasteiger partial charge in [0.15, 0.2) is 11.6 Å². The first-order valence-electron chi connectivity index (χ1n) is 8.09. The molecule has 4 nitrogen and oxygen atoms in total. The Hall–Kier alpha value is -3.68. The van der Waals surface area contributed by atoms with Crippen LogP contribution in [-0.4, -0.2) is 12.4 Å². The van der Waals surface area contributed by atoms with Crippen LogP contribution in [0.5, 0.6) is 0 Å². The summed E-state index contributed by atoms with van der Waals surface area (Å²) in [5.41, 5.74) is 6.44. The van der Waals surface area contributed by atoms with Gasteiger partial charge in [0.25, 0.3) is 0 Å². The van der Waals surface area contributed by atoms with Crippen LogP contribution in [0.2, 0.25) is 0 Å². The highest BCUT2D eigenvalue weighted by Gasteiger charge is 2.02. The number of hydrogen-bond acceptors (Lipinski definition) is 4. The molecular weight excluding hydrogens is 372 g/mol. The van der Waals surface area contributed by atoms with Crippen molar-refractivity contribution >= 4 is 23.8 Å². The Labute approximate surface area is 158 Å². The first kappa shape index (κ1) is 19.1. The summed E-state index contributed by atoms with van der Waals surface area (Å²) < 4.78 is 52.8. The molecule has 0 aliphatic carbocycles. The highest BCUT2D eigenvalue weighted by atomic mass is 19.1. The van der Waals surface area contributed by atoms with E-state index in [4.69, 9.17) is 0 Å². The Kier molecular flexibility index (Phi) is 6.01. The standard InChI is InChI=1S/C20H14F4N4/c21-15-4-6-19(17(23)9-15)27-25-11-13-2-1-3-14(8-13)12-26-28-20-7-5-16(22)10-18(20)24/h1-12,27-28H/b25-11+,26-12+. The Morgan fingerprint density at radius 2 is 1.07 bits per heavy atom. The second-order valence-corrected chi connectivity index (χ2v) is 5.66. The molecule has 8 heteroatoms. The molecule has 0 fully saturated rings. The number of anilines is 2. The zero-order chi connectivity index (χ0) is 19.9. The maximum Gasteiger partial charge on any atom is 0.151 e. The molecule has 3 rings (SSSR count). The maximum absolute atomic E-state index is 13.5. The first-order chi connectivity index (χ1) is 13.5. The van der Waals surface area contributed by atoms with Crippen LogP contribution < -0.4 is 10.9 Å². The van der Waals surface area contributed by atoms with E-state index in [1.165, 1.54) is 24.6 Å². The van der Waals surface area contributed by atoms with Crippen molar-refractivity contribution in [2.45, 2.75) is 0 Å². The molecule has 3 aromatic rings. The summed E-state index contributed by atoms with van der Waals surface area (Å²) in [5, 5.41) is 7.82. The number of benzene rings is 3. The van der Waals surface area contributed by atoms with Crippen LogP contribution in [0.3, 0.4) is 0 Å². The molecule has 3 aromatic carbocycles. The van der Waals surface area contributed by atoms with E-state index in [1.54, 1.807) is 24.3 Å². The topological polar surface area (TPSA) is 48.8 Å². The molecule has 142 valence electrons. The van der Waals surface area contributed by atoms with Gasteiger partial charge < -0.3 is 0 Å². The fourth-order valence-corrected chi connectivity index (χ4v) is 2.23. The van der Waals surface area contributed by atoms with Crippen molar-refractivity contribution in [2.75, 3.05) is 10.9 Å². The molecular formula is C20H14F4N4. The van der Waals surface area contributed by atoms with E-state index in [2.05, 4.69) is 21.1 Å². The van der Waals surface area contributed by atoms with Gasteiger partial charge in [-0.25, -0.2) is 17.6 Å². The van der Waals surface area contributed by atoms with E-state index >= 15 is 0 Å². The van der Waals surface area contributed by atoms with E-state index in [0.717, 1.165) is 24.3 Å². The fourth-order valence-electron chi connectivity index (χ4n) is 2.23. The monoisotopic (exact) mass is 386 g/mol. The molecule has 0 spiro atoms. The van der Waals surface area contributed by atoms with Gasteiger partial charge in [-0.1, -0.05) is 18.2 Å². The van der Waals surface area contributed by atoms with Crippen LogP contribution in [0.1, 0.15) is 11.1 Å².